The summed E-state index contributed by atoms with van der Waals surface area (Å²) in [6.45, 7) is 2.38. The maximum Gasteiger partial charge on any atom is 0.194 e. The van der Waals surface area contributed by atoms with Gasteiger partial charge in [-0.15, -0.1) is 0 Å². The summed E-state index contributed by atoms with van der Waals surface area (Å²) in [5, 5.41) is 0. The van der Waals surface area contributed by atoms with E-state index in [1.54, 1.807) is 6.26 Å². The highest BCUT2D eigenvalue weighted by Crippen LogP contribution is 2.19. The predicted octanol–water partition coefficient (Wildman–Crippen LogP) is 1.14. The van der Waals surface area contributed by atoms with Crippen molar-refractivity contribution in [1.29, 1.82) is 0 Å². The van der Waals surface area contributed by atoms with Gasteiger partial charge in [0.2, 0.25) is 0 Å². The lowest BCUT2D eigenvalue weighted by Crippen LogP contribution is -2.17. The smallest absolute Gasteiger partial charge is 0.194 e. The molecule has 84 valence electrons. The molecule has 1 aromatic heterocycles. The second-order valence-corrected chi connectivity index (χ2v) is 4.03. The number of hydrogen-bond donors (Lipinski definition) is 1. The quantitative estimate of drug-likeness (QED) is 0.809. The summed E-state index contributed by atoms with van der Waals surface area (Å²) in [7, 11) is 0. The monoisotopic (exact) mass is 210 g/mol. The van der Waals surface area contributed by atoms with Crippen LogP contribution in [0, 0.1) is 5.92 Å². The van der Waals surface area contributed by atoms with E-state index in [-0.39, 0.29) is 0 Å². The van der Waals surface area contributed by atoms with E-state index in [1.807, 2.05) is 0 Å². The van der Waals surface area contributed by atoms with Crippen LogP contribution in [-0.4, -0.2) is 24.7 Å². The largest absolute Gasteiger partial charge is 0.449 e. The van der Waals surface area contributed by atoms with Crippen LogP contribution < -0.4 is 5.73 Å². The van der Waals surface area contributed by atoms with E-state index in [4.69, 9.17) is 14.9 Å². The van der Waals surface area contributed by atoms with Crippen molar-refractivity contribution in [1.82, 2.24) is 4.98 Å². The average Bonchev–Trinajstić information content (AvgIpc) is 2.68. The molecule has 2 rings (SSSR count). The number of hydrogen-bond acceptors (Lipinski definition) is 4. The van der Waals surface area contributed by atoms with E-state index in [2.05, 4.69) is 4.98 Å². The second kappa shape index (κ2) is 5.28. The Kier molecular flexibility index (Phi) is 3.75. The molecule has 0 aliphatic carbocycles. The lowest BCUT2D eigenvalue weighted by Gasteiger charge is -2.20. The summed E-state index contributed by atoms with van der Waals surface area (Å²) in [5.41, 5.74) is 6.43. The SMILES string of the molecule is NCCc1coc(CC2CCOCC2)n1. The van der Waals surface area contributed by atoms with E-state index < -0.39 is 0 Å². The summed E-state index contributed by atoms with van der Waals surface area (Å²) < 4.78 is 10.7. The molecule has 15 heavy (non-hydrogen) atoms. The summed E-state index contributed by atoms with van der Waals surface area (Å²) >= 11 is 0. The Balaban J connectivity index is 1.86. The van der Waals surface area contributed by atoms with Crippen LogP contribution in [0.15, 0.2) is 10.7 Å². The first kappa shape index (κ1) is 10.6. The molecule has 2 N–H and O–H groups in total. The van der Waals surface area contributed by atoms with Gasteiger partial charge in [0.05, 0.1) is 5.69 Å². The zero-order valence-electron chi connectivity index (χ0n) is 8.95. The number of ether oxygens (including phenoxy) is 1. The maximum atomic E-state index is 5.46. The first-order valence-electron chi connectivity index (χ1n) is 5.59. The van der Waals surface area contributed by atoms with Gasteiger partial charge in [-0.3, -0.25) is 0 Å². The summed E-state index contributed by atoms with van der Waals surface area (Å²) in [5.74, 6) is 1.52. The van der Waals surface area contributed by atoms with Crippen LogP contribution in [0.2, 0.25) is 0 Å². The number of aromatic nitrogens is 1. The number of nitrogens with zero attached hydrogens (tertiary/aromatic N) is 1. The highest BCUT2D eigenvalue weighted by molar-refractivity contribution is 4.97. The van der Waals surface area contributed by atoms with Gasteiger partial charge in [-0.2, -0.15) is 0 Å². The van der Waals surface area contributed by atoms with Crippen LogP contribution in [0.4, 0.5) is 0 Å². The van der Waals surface area contributed by atoms with E-state index >= 15 is 0 Å². The fourth-order valence-corrected chi connectivity index (χ4v) is 1.90. The molecule has 1 saturated heterocycles. The molecule has 4 nitrogen and oxygen atoms in total. The summed E-state index contributed by atoms with van der Waals surface area (Å²) in [6, 6.07) is 0. The summed E-state index contributed by atoms with van der Waals surface area (Å²) in [6.07, 6.45) is 5.70. The molecule has 2 heterocycles. The molecule has 0 bridgehead atoms. The van der Waals surface area contributed by atoms with Crippen molar-refractivity contribution in [3.8, 4) is 0 Å². The van der Waals surface area contributed by atoms with Crippen LogP contribution in [-0.2, 0) is 17.6 Å². The first-order chi connectivity index (χ1) is 7.38. The lowest BCUT2D eigenvalue weighted by molar-refractivity contribution is 0.0647. The zero-order chi connectivity index (χ0) is 10.5. The van der Waals surface area contributed by atoms with Crippen LogP contribution in [0.3, 0.4) is 0 Å². The molecule has 1 aromatic rings. The van der Waals surface area contributed by atoms with Gasteiger partial charge < -0.3 is 14.9 Å². The third-order valence-corrected chi connectivity index (χ3v) is 2.80. The lowest BCUT2D eigenvalue weighted by atomic mass is 9.97. The number of oxazole rings is 1. The fourth-order valence-electron chi connectivity index (χ4n) is 1.90. The molecule has 0 unspecified atom stereocenters. The molecule has 1 aliphatic rings. The molecular formula is C11H18N2O2. The normalized spacial score (nSPS) is 18.2. The van der Waals surface area contributed by atoms with Gasteiger partial charge in [-0.05, 0) is 25.3 Å². The van der Waals surface area contributed by atoms with Crippen LogP contribution >= 0.6 is 0 Å². The van der Waals surface area contributed by atoms with Crippen molar-refractivity contribution in [2.24, 2.45) is 11.7 Å². The standard InChI is InChI=1S/C11H18N2O2/c12-4-1-10-8-15-11(13-10)7-9-2-5-14-6-3-9/h8-9H,1-7,12H2. The highest BCUT2D eigenvalue weighted by atomic mass is 16.5. The van der Waals surface area contributed by atoms with Gasteiger partial charge >= 0.3 is 0 Å². The zero-order valence-corrected chi connectivity index (χ0v) is 8.95. The molecule has 1 fully saturated rings. The topological polar surface area (TPSA) is 61.3 Å². The molecule has 0 atom stereocenters. The van der Waals surface area contributed by atoms with Crippen molar-refractivity contribution in [2.75, 3.05) is 19.8 Å². The molecular weight excluding hydrogens is 192 g/mol. The van der Waals surface area contributed by atoms with Crippen molar-refractivity contribution >= 4 is 0 Å². The van der Waals surface area contributed by atoms with Crippen LogP contribution in [0.25, 0.3) is 0 Å². The fraction of sp³-hybridized carbons (Fsp3) is 0.727. The first-order valence-corrected chi connectivity index (χ1v) is 5.59. The van der Waals surface area contributed by atoms with Crippen LogP contribution in [0.5, 0.6) is 0 Å². The Bertz CT molecular complexity index is 293. The second-order valence-electron chi connectivity index (χ2n) is 4.03. The van der Waals surface area contributed by atoms with E-state index in [9.17, 15) is 0 Å². The van der Waals surface area contributed by atoms with E-state index in [1.165, 1.54) is 0 Å². The van der Waals surface area contributed by atoms with Crippen molar-refractivity contribution in [3.05, 3.63) is 17.8 Å². The third-order valence-electron chi connectivity index (χ3n) is 2.80. The number of nitrogens with two attached hydrogens (primary N) is 1. The molecule has 0 radical (unpaired) electrons. The molecule has 1 aliphatic heterocycles. The highest BCUT2D eigenvalue weighted by Gasteiger charge is 2.16. The summed E-state index contributed by atoms with van der Waals surface area (Å²) in [4.78, 5) is 4.41. The molecule has 4 heteroatoms. The molecule has 0 spiro atoms. The van der Waals surface area contributed by atoms with Gasteiger partial charge in [-0.25, -0.2) is 4.98 Å². The minimum Gasteiger partial charge on any atom is -0.449 e. The van der Waals surface area contributed by atoms with Gasteiger partial charge in [0.25, 0.3) is 0 Å². The minimum absolute atomic E-state index is 0.628. The van der Waals surface area contributed by atoms with Gasteiger partial charge in [0.1, 0.15) is 6.26 Å². The van der Waals surface area contributed by atoms with Gasteiger partial charge in [0.15, 0.2) is 5.89 Å². The van der Waals surface area contributed by atoms with Gasteiger partial charge in [-0.1, -0.05) is 0 Å². The van der Waals surface area contributed by atoms with E-state index in [0.717, 1.165) is 50.5 Å². The van der Waals surface area contributed by atoms with Crippen LogP contribution in [0.1, 0.15) is 24.4 Å². The van der Waals surface area contributed by atoms with Crippen molar-refractivity contribution in [3.63, 3.8) is 0 Å². The Hall–Kier alpha value is -0.870. The third kappa shape index (κ3) is 3.04. The number of rotatable bonds is 4. The van der Waals surface area contributed by atoms with Crippen molar-refractivity contribution < 1.29 is 9.15 Å². The predicted molar refractivity (Wildman–Crippen MR) is 56.5 cm³/mol. The molecule has 0 saturated carbocycles. The Morgan fingerprint density at radius 1 is 1.40 bits per heavy atom. The molecule has 0 aromatic carbocycles. The Morgan fingerprint density at radius 2 is 2.20 bits per heavy atom. The minimum atomic E-state index is 0.628. The Labute approximate surface area is 89.8 Å². The maximum absolute atomic E-state index is 5.46. The van der Waals surface area contributed by atoms with Gasteiger partial charge in [0, 0.05) is 26.1 Å². The Morgan fingerprint density at radius 3 is 2.93 bits per heavy atom. The van der Waals surface area contributed by atoms with Crippen molar-refractivity contribution in [2.45, 2.75) is 25.7 Å². The van der Waals surface area contributed by atoms with E-state index in [0.29, 0.717) is 12.5 Å². The molecule has 0 amide bonds. The average molecular weight is 210 g/mol.